The van der Waals surface area contributed by atoms with E-state index in [0.717, 1.165) is 30.6 Å². The second-order valence-corrected chi connectivity index (χ2v) is 11.5. The molecular weight excluding hydrogens is 640 g/mol. The molecule has 3 amide bonds. The highest BCUT2D eigenvalue weighted by atomic mass is 35.5. The SMILES string of the molecule is COC(=O)/C(=N\Nc1ccc(S(=O)(=O)N2C(=O)c3c(Cl)c(Cl)c(Cl)c(Cl)c3C2=O)cc1)C(=O)Nc1nccs1. The van der Waals surface area contributed by atoms with Gasteiger partial charge >= 0.3 is 5.97 Å². The fourth-order valence-corrected chi connectivity index (χ4v) is 6.05. The third kappa shape index (κ3) is 5.18. The van der Waals surface area contributed by atoms with Crippen LogP contribution >= 0.6 is 57.7 Å². The quantitative estimate of drug-likeness (QED) is 0.0720. The van der Waals surface area contributed by atoms with Gasteiger partial charge in [-0.15, -0.1) is 11.3 Å². The van der Waals surface area contributed by atoms with Gasteiger partial charge in [0, 0.05) is 11.6 Å². The van der Waals surface area contributed by atoms with E-state index in [2.05, 4.69) is 25.6 Å². The van der Waals surface area contributed by atoms with Crippen molar-refractivity contribution in [3.05, 3.63) is 67.1 Å². The van der Waals surface area contributed by atoms with E-state index in [1.807, 2.05) is 0 Å². The van der Waals surface area contributed by atoms with Gasteiger partial charge in [0.1, 0.15) is 0 Å². The summed E-state index contributed by atoms with van der Waals surface area (Å²) < 4.78 is 31.0. The molecule has 0 unspecified atom stereocenters. The minimum Gasteiger partial charge on any atom is -0.464 e. The smallest absolute Gasteiger partial charge is 0.364 e. The van der Waals surface area contributed by atoms with Gasteiger partial charge in [-0.25, -0.2) is 18.2 Å². The number of anilines is 2. The molecule has 3 aromatic rings. The number of imide groups is 1. The van der Waals surface area contributed by atoms with Gasteiger partial charge in [0.25, 0.3) is 27.7 Å². The summed E-state index contributed by atoms with van der Waals surface area (Å²) in [5.41, 5.74) is 0.915. The average Bonchev–Trinajstić information content (AvgIpc) is 3.51. The van der Waals surface area contributed by atoms with Crippen molar-refractivity contribution in [1.82, 2.24) is 9.29 Å². The number of carbonyl (C=O) groups excluding carboxylic acids is 4. The minimum atomic E-state index is -4.75. The van der Waals surface area contributed by atoms with Crippen molar-refractivity contribution >= 4 is 108 Å². The van der Waals surface area contributed by atoms with Crippen LogP contribution in [-0.4, -0.2) is 54.2 Å². The van der Waals surface area contributed by atoms with E-state index in [4.69, 9.17) is 46.4 Å². The molecule has 0 fully saturated rings. The normalized spacial score (nSPS) is 13.4. The Morgan fingerprint density at radius 1 is 0.974 bits per heavy atom. The number of nitrogens with one attached hydrogen (secondary N) is 2. The molecule has 0 radical (unpaired) electrons. The van der Waals surface area contributed by atoms with E-state index >= 15 is 0 Å². The highest BCUT2D eigenvalue weighted by Gasteiger charge is 2.48. The summed E-state index contributed by atoms with van der Waals surface area (Å²) in [6, 6.07) is 4.51. The molecular formula is C21H11Cl4N5O7S2. The van der Waals surface area contributed by atoms with Gasteiger partial charge in [-0.2, -0.15) is 9.41 Å². The Kier molecular flexibility index (Phi) is 8.16. The molecule has 2 N–H and O–H groups in total. The number of thiazole rings is 1. The van der Waals surface area contributed by atoms with E-state index in [1.54, 1.807) is 5.38 Å². The highest BCUT2D eigenvalue weighted by Crippen LogP contribution is 2.45. The first-order valence-electron chi connectivity index (χ1n) is 10.1. The number of benzene rings is 2. The topological polar surface area (TPSA) is 164 Å². The number of fused-ring (bicyclic) bond motifs is 1. The Morgan fingerprint density at radius 2 is 1.54 bits per heavy atom. The fraction of sp³-hybridized carbons (Fsp3) is 0.0476. The number of carbonyl (C=O) groups is 4. The summed E-state index contributed by atoms with van der Waals surface area (Å²) in [4.78, 5) is 53.7. The third-order valence-electron chi connectivity index (χ3n) is 5.00. The number of ether oxygens (including phenoxy) is 1. The summed E-state index contributed by atoms with van der Waals surface area (Å²) in [6.45, 7) is 0. The van der Waals surface area contributed by atoms with Crippen LogP contribution in [0.4, 0.5) is 10.8 Å². The number of hydrazone groups is 1. The summed E-state index contributed by atoms with van der Waals surface area (Å²) in [5, 5.41) is 6.46. The Bertz CT molecular complexity index is 1630. The van der Waals surface area contributed by atoms with Crippen LogP contribution in [0.2, 0.25) is 20.1 Å². The van der Waals surface area contributed by atoms with Crippen molar-refractivity contribution in [2.75, 3.05) is 17.9 Å². The number of halogens is 4. The maximum absolute atomic E-state index is 13.2. The van der Waals surface area contributed by atoms with Crippen LogP contribution < -0.4 is 10.7 Å². The molecule has 0 saturated carbocycles. The zero-order valence-electron chi connectivity index (χ0n) is 19.0. The van der Waals surface area contributed by atoms with Crippen LogP contribution in [-0.2, 0) is 24.3 Å². The van der Waals surface area contributed by atoms with Crippen LogP contribution in [0.5, 0.6) is 0 Å². The lowest BCUT2D eigenvalue weighted by atomic mass is 10.1. The van der Waals surface area contributed by atoms with Crippen molar-refractivity contribution < 1.29 is 32.3 Å². The van der Waals surface area contributed by atoms with Crippen molar-refractivity contribution in [3.8, 4) is 0 Å². The Morgan fingerprint density at radius 3 is 2.03 bits per heavy atom. The number of sulfonamides is 1. The average molecular weight is 651 g/mol. The number of hydrogen-bond donors (Lipinski definition) is 2. The Balaban J connectivity index is 1.59. The maximum Gasteiger partial charge on any atom is 0.364 e. The molecule has 1 aliphatic heterocycles. The van der Waals surface area contributed by atoms with Gasteiger partial charge in [0.05, 0.1) is 48.9 Å². The van der Waals surface area contributed by atoms with Crippen molar-refractivity contribution in [3.63, 3.8) is 0 Å². The van der Waals surface area contributed by atoms with Gasteiger partial charge in [0.2, 0.25) is 5.71 Å². The molecule has 1 aliphatic rings. The molecule has 0 spiro atoms. The predicted molar refractivity (Wildman–Crippen MR) is 144 cm³/mol. The molecule has 0 bridgehead atoms. The molecule has 202 valence electrons. The second-order valence-electron chi connectivity index (χ2n) is 7.27. The summed E-state index contributed by atoms with van der Waals surface area (Å²) in [5.74, 6) is -4.49. The standard InChI is InChI=1S/C21H11Cl4N5O7S2/c1-37-20(34)16(17(31)27-21-26-6-7-38-21)29-28-8-2-4-9(5-3-8)39(35,36)30-18(32)10-11(19(30)33)13(23)15(25)14(24)12(10)22/h2-7,28H,1H3,(H,26,27,31)/b29-16-. The van der Waals surface area contributed by atoms with Gasteiger partial charge in [-0.05, 0) is 24.3 Å². The van der Waals surface area contributed by atoms with Crippen LogP contribution in [0, 0.1) is 0 Å². The first-order chi connectivity index (χ1) is 18.4. The van der Waals surface area contributed by atoms with E-state index in [-0.39, 0.29) is 25.2 Å². The number of hydrogen-bond acceptors (Lipinski definition) is 11. The zero-order chi connectivity index (χ0) is 28.6. The van der Waals surface area contributed by atoms with E-state index < -0.39 is 65.5 Å². The lowest BCUT2D eigenvalue weighted by Gasteiger charge is -2.15. The lowest BCUT2D eigenvalue weighted by molar-refractivity contribution is -0.133. The maximum atomic E-state index is 13.2. The van der Waals surface area contributed by atoms with Crippen LogP contribution in [0.1, 0.15) is 20.7 Å². The van der Waals surface area contributed by atoms with E-state index in [1.165, 1.54) is 18.3 Å². The second kappa shape index (κ2) is 11.1. The number of esters is 1. The molecule has 2 aromatic carbocycles. The molecule has 1 aromatic heterocycles. The minimum absolute atomic E-state index is 0.000972. The summed E-state index contributed by atoms with van der Waals surface area (Å²) in [6.07, 6.45) is 1.44. The lowest BCUT2D eigenvalue weighted by Crippen LogP contribution is -2.36. The Hall–Kier alpha value is -3.27. The first-order valence-corrected chi connectivity index (χ1v) is 14.0. The van der Waals surface area contributed by atoms with Gasteiger partial charge in [-0.1, -0.05) is 46.4 Å². The number of amides is 3. The molecule has 18 heteroatoms. The molecule has 39 heavy (non-hydrogen) atoms. The van der Waals surface area contributed by atoms with Crippen molar-refractivity contribution in [2.45, 2.75) is 4.90 Å². The number of rotatable bonds is 7. The third-order valence-corrected chi connectivity index (χ3v) is 9.17. The summed E-state index contributed by atoms with van der Waals surface area (Å²) in [7, 11) is -3.70. The van der Waals surface area contributed by atoms with Crippen LogP contribution in [0.3, 0.4) is 0 Å². The number of nitrogens with zero attached hydrogens (tertiary/aromatic N) is 3. The molecule has 0 aliphatic carbocycles. The number of aromatic nitrogens is 1. The van der Waals surface area contributed by atoms with Crippen molar-refractivity contribution in [2.24, 2.45) is 5.10 Å². The largest absolute Gasteiger partial charge is 0.464 e. The van der Waals surface area contributed by atoms with Crippen LogP contribution in [0.25, 0.3) is 0 Å². The van der Waals surface area contributed by atoms with Gasteiger partial charge < -0.3 is 4.74 Å². The van der Waals surface area contributed by atoms with E-state index in [0.29, 0.717) is 0 Å². The van der Waals surface area contributed by atoms with E-state index in [9.17, 15) is 27.6 Å². The van der Waals surface area contributed by atoms with Crippen LogP contribution in [0.15, 0.2) is 45.8 Å². The molecule has 12 nitrogen and oxygen atoms in total. The first kappa shape index (κ1) is 28.7. The fourth-order valence-electron chi connectivity index (χ4n) is 3.20. The monoisotopic (exact) mass is 649 g/mol. The molecule has 2 heterocycles. The summed E-state index contributed by atoms with van der Waals surface area (Å²) >= 11 is 25.1. The Labute approximate surface area is 243 Å². The number of methoxy groups -OCH3 is 1. The molecule has 0 saturated heterocycles. The van der Waals surface area contributed by atoms with Gasteiger partial charge in [-0.3, -0.25) is 25.1 Å². The highest BCUT2D eigenvalue weighted by molar-refractivity contribution is 7.90. The predicted octanol–water partition coefficient (Wildman–Crippen LogP) is 4.32. The molecule has 4 rings (SSSR count). The van der Waals surface area contributed by atoms with Crippen molar-refractivity contribution in [1.29, 1.82) is 0 Å². The van der Waals surface area contributed by atoms with Gasteiger partial charge in [0.15, 0.2) is 5.13 Å². The zero-order valence-corrected chi connectivity index (χ0v) is 23.6. The molecule has 0 atom stereocenters.